The molecule has 68 valence electrons. The number of hydrogen-bond acceptors (Lipinski definition) is 0. The van der Waals surface area contributed by atoms with Crippen molar-refractivity contribution in [2.75, 3.05) is 0 Å². The van der Waals surface area contributed by atoms with E-state index in [0.29, 0.717) is 0 Å². The van der Waals surface area contributed by atoms with E-state index >= 15 is 0 Å². The summed E-state index contributed by atoms with van der Waals surface area (Å²) >= 11 is -1.62. The Morgan fingerprint density at radius 2 is 1.83 bits per heavy atom. The predicted molar refractivity (Wildman–Crippen MR) is 57.2 cm³/mol. The van der Waals surface area contributed by atoms with Crippen molar-refractivity contribution in [2.45, 2.75) is 26.2 Å². The Kier molecular flexibility index (Phi) is 2.92. The van der Waals surface area contributed by atoms with Crippen molar-refractivity contribution in [3.8, 4) is 0 Å². The van der Waals surface area contributed by atoms with Crippen LogP contribution in [-0.2, 0) is 11.5 Å². The average molecular weight is 272 g/mol. The van der Waals surface area contributed by atoms with E-state index in [-0.39, 0.29) is 0 Å². The number of hydrogen-bond donors (Lipinski definition) is 0. The molecule has 1 heterocycles. The van der Waals surface area contributed by atoms with Gasteiger partial charge in [-0.1, -0.05) is 0 Å². The molecule has 1 rings (SSSR count). The zero-order chi connectivity index (χ0) is 9.35. The molecular formula is C10H19NSn. The molecular weight excluding hydrogens is 253 g/mol. The van der Waals surface area contributed by atoms with E-state index in [0.717, 1.165) is 0 Å². The molecule has 0 radical (unpaired) electrons. The van der Waals surface area contributed by atoms with Gasteiger partial charge in [0.05, 0.1) is 0 Å². The Morgan fingerprint density at radius 1 is 1.25 bits per heavy atom. The van der Waals surface area contributed by atoms with Crippen molar-refractivity contribution in [3.63, 3.8) is 0 Å². The molecule has 0 fully saturated rings. The van der Waals surface area contributed by atoms with Gasteiger partial charge in [0.2, 0.25) is 0 Å². The number of aromatic nitrogens is 1. The third-order valence-corrected chi connectivity index (χ3v) is 6.25. The van der Waals surface area contributed by atoms with Crippen molar-refractivity contribution in [2.24, 2.45) is 7.05 Å². The molecule has 0 aliphatic heterocycles. The predicted octanol–water partition coefficient (Wildman–Crippen LogP) is 2.75. The van der Waals surface area contributed by atoms with E-state index in [1.54, 1.807) is 0 Å². The maximum absolute atomic E-state index is 2.48. The summed E-state index contributed by atoms with van der Waals surface area (Å²) in [5.74, 6) is 0. The Labute approximate surface area is 79.7 Å². The molecule has 0 saturated heterocycles. The zero-order valence-corrected chi connectivity index (χ0v) is 11.7. The number of aryl methyl sites for hydroxylation is 1. The third-order valence-electron chi connectivity index (χ3n) is 2.19. The Hall–Kier alpha value is 0.0787. The first-order valence-corrected chi connectivity index (χ1v) is 15.1. The summed E-state index contributed by atoms with van der Waals surface area (Å²) in [6, 6.07) is 4.49. The van der Waals surface area contributed by atoms with Gasteiger partial charge < -0.3 is 0 Å². The van der Waals surface area contributed by atoms with Gasteiger partial charge in [0.25, 0.3) is 0 Å². The van der Waals surface area contributed by atoms with Gasteiger partial charge in [-0.05, 0) is 0 Å². The van der Waals surface area contributed by atoms with E-state index in [9.17, 15) is 0 Å². The van der Waals surface area contributed by atoms with Crippen molar-refractivity contribution < 1.29 is 0 Å². The second-order valence-corrected chi connectivity index (χ2v) is 20.4. The third kappa shape index (κ3) is 2.54. The molecule has 1 aromatic rings. The first-order valence-electron chi connectivity index (χ1n) is 4.51. The van der Waals surface area contributed by atoms with Crippen LogP contribution < -0.4 is 0 Å². The van der Waals surface area contributed by atoms with Gasteiger partial charge in [0, 0.05) is 0 Å². The molecule has 0 amide bonds. The van der Waals surface area contributed by atoms with Crippen LogP contribution in [0.1, 0.15) is 11.4 Å². The Balaban J connectivity index is 2.83. The molecule has 0 aliphatic carbocycles. The van der Waals surface area contributed by atoms with Crippen molar-refractivity contribution in [1.29, 1.82) is 0 Å². The van der Waals surface area contributed by atoms with Gasteiger partial charge in [-0.3, -0.25) is 0 Å². The molecule has 0 unspecified atom stereocenters. The summed E-state index contributed by atoms with van der Waals surface area (Å²) in [5, 5.41) is 0. The summed E-state index contributed by atoms with van der Waals surface area (Å²) in [6.07, 6.45) is 0. The first-order chi connectivity index (χ1) is 5.40. The van der Waals surface area contributed by atoms with Crippen LogP contribution in [0, 0.1) is 6.92 Å². The minimum absolute atomic E-state index is 1.36. The average Bonchev–Trinajstić information content (AvgIpc) is 2.16. The van der Waals surface area contributed by atoms with Crippen LogP contribution >= 0.6 is 0 Å². The molecule has 1 nitrogen and oxygen atoms in total. The number of rotatable bonds is 2. The molecule has 0 bridgehead atoms. The van der Waals surface area contributed by atoms with Crippen LogP contribution in [0.5, 0.6) is 0 Å². The topological polar surface area (TPSA) is 4.93 Å². The fraction of sp³-hybridized carbons (Fsp3) is 0.600. The van der Waals surface area contributed by atoms with Gasteiger partial charge in [-0.2, -0.15) is 0 Å². The second-order valence-electron chi connectivity index (χ2n) is 4.76. The van der Waals surface area contributed by atoms with E-state index in [2.05, 4.69) is 45.5 Å². The van der Waals surface area contributed by atoms with E-state index in [1.165, 1.54) is 15.8 Å². The Bertz CT molecular complexity index is 268. The van der Waals surface area contributed by atoms with Crippen molar-refractivity contribution >= 4 is 18.4 Å². The molecule has 2 heteroatoms. The van der Waals surface area contributed by atoms with Crippen LogP contribution in [0.4, 0.5) is 0 Å². The summed E-state index contributed by atoms with van der Waals surface area (Å²) in [5.41, 5.74) is 2.90. The fourth-order valence-electron chi connectivity index (χ4n) is 1.39. The zero-order valence-electron chi connectivity index (χ0n) is 8.81. The van der Waals surface area contributed by atoms with Crippen LogP contribution in [0.2, 0.25) is 14.8 Å². The van der Waals surface area contributed by atoms with E-state index in [4.69, 9.17) is 0 Å². The summed E-state index contributed by atoms with van der Waals surface area (Å²) < 4.78 is 3.68. The maximum atomic E-state index is 2.48. The van der Waals surface area contributed by atoms with Gasteiger partial charge in [0.15, 0.2) is 0 Å². The van der Waals surface area contributed by atoms with Crippen LogP contribution in [0.25, 0.3) is 0 Å². The SMILES string of the molecule is Cc1ccc([CH2][Sn]([CH3])([CH3])[CH3])n1C. The van der Waals surface area contributed by atoms with Crippen molar-refractivity contribution in [1.82, 2.24) is 4.57 Å². The van der Waals surface area contributed by atoms with Gasteiger partial charge in [-0.15, -0.1) is 0 Å². The van der Waals surface area contributed by atoms with Crippen molar-refractivity contribution in [3.05, 3.63) is 23.5 Å². The van der Waals surface area contributed by atoms with Crippen LogP contribution in [-0.4, -0.2) is 22.9 Å². The Morgan fingerprint density at radius 3 is 2.17 bits per heavy atom. The second kappa shape index (κ2) is 3.44. The van der Waals surface area contributed by atoms with Gasteiger partial charge >= 0.3 is 79.7 Å². The number of nitrogens with zero attached hydrogens (tertiary/aromatic N) is 1. The summed E-state index contributed by atoms with van der Waals surface area (Å²) in [7, 11) is 2.17. The monoisotopic (exact) mass is 273 g/mol. The molecule has 0 spiro atoms. The first kappa shape index (κ1) is 10.2. The molecule has 0 aliphatic rings. The molecule has 0 saturated carbocycles. The molecule has 0 N–H and O–H groups in total. The van der Waals surface area contributed by atoms with Gasteiger partial charge in [-0.25, -0.2) is 0 Å². The van der Waals surface area contributed by atoms with E-state index < -0.39 is 18.4 Å². The van der Waals surface area contributed by atoms with E-state index in [1.807, 2.05) is 0 Å². The summed E-state index contributed by atoms with van der Waals surface area (Å²) in [6.45, 7) is 2.17. The standard InChI is InChI=1S/C7H10N.3CH3.Sn/c1-6-4-5-7(2)8(6)3;;;;/h4-5H,1H2,2-3H3;3*1H3;. The molecule has 0 atom stereocenters. The molecule has 0 aromatic carbocycles. The molecule has 12 heavy (non-hydrogen) atoms. The quantitative estimate of drug-likeness (QED) is 0.729. The van der Waals surface area contributed by atoms with Gasteiger partial charge in [0.1, 0.15) is 0 Å². The molecule has 1 aromatic heterocycles. The van der Waals surface area contributed by atoms with Crippen LogP contribution in [0.3, 0.4) is 0 Å². The fourth-order valence-corrected chi connectivity index (χ4v) is 5.50. The normalized spacial score (nSPS) is 12.1. The summed E-state index contributed by atoms with van der Waals surface area (Å²) in [4.78, 5) is 7.45. The van der Waals surface area contributed by atoms with Crippen LogP contribution in [0.15, 0.2) is 12.1 Å². The minimum atomic E-state index is -1.62.